The predicted molar refractivity (Wildman–Crippen MR) is 85.5 cm³/mol. The van der Waals surface area contributed by atoms with E-state index in [1.54, 1.807) is 0 Å². The lowest BCUT2D eigenvalue weighted by atomic mass is 9.96. The minimum absolute atomic E-state index is 0.171. The Kier molecular flexibility index (Phi) is 4.02. The van der Waals surface area contributed by atoms with E-state index in [0.29, 0.717) is 11.1 Å². The van der Waals surface area contributed by atoms with E-state index in [9.17, 15) is 0 Å². The molecular weight excluding hydrogens is 291 g/mol. The third-order valence-corrected chi connectivity index (χ3v) is 5.00. The first-order valence-corrected chi connectivity index (χ1v) is 8.13. The molecule has 4 heteroatoms. The molecule has 1 N–H and O–H groups in total. The number of benzene rings is 1. The van der Waals surface area contributed by atoms with Crippen LogP contribution in [0.5, 0.6) is 0 Å². The van der Waals surface area contributed by atoms with E-state index in [4.69, 9.17) is 23.2 Å². The summed E-state index contributed by atoms with van der Waals surface area (Å²) in [5, 5.41) is 5.16. The Hall–Kier alpha value is -0.280. The van der Waals surface area contributed by atoms with Crippen LogP contribution in [0.3, 0.4) is 0 Å². The summed E-state index contributed by atoms with van der Waals surface area (Å²) in [6.45, 7) is 7.61. The maximum Gasteiger partial charge on any atom is 0.0465 e. The molecule has 20 heavy (non-hydrogen) atoms. The van der Waals surface area contributed by atoms with Gasteiger partial charge in [0, 0.05) is 41.3 Å². The summed E-state index contributed by atoms with van der Waals surface area (Å²) in [6, 6.07) is 6.49. The third-order valence-electron chi connectivity index (χ3n) is 4.41. The van der Waals surface area contributed by atoms with Gasteiger partial charge in [-0.15, -0.1) is 0 Å². The standard InChI is InChI=1S/C16H22Cl2N2/c1-16(2)10-20(15(8-19-16)11-3-4-11)9-12-5-6-13(17)7-14(12)18/h5-7,11,15,19H,3-4,8-10H2,1-2H3. The number of piperazine rings is 1. The first kappa shape index (κ1) is 14.6. The summed E-state index contributed by atoms with van der Waals surface area (Å²) < 4.78 is 0. The van der Waals surface area contributed by atoms with Crippen LogP contribution in [0.15, 0.2) is 18.2 Å². The Morgan fingerprint density at radius 3 is 2.70 bits per heavy atom. The largest absolute Gasteiger partial charge is 0.309 e. The Balaban J connectivity index is 1.78. The monoisotopic (exact) mass is 312 g/mol. The van der Waals surface area contributed by atoms with Crippen LogP contribution < -0.4 is 5.32 Å². The normalized spacial score (nSPS) is 26.7. The molecule has 0 aromatic heterocycles. The van der Waals surface area contributed by atoms with Gasteiger partial charge in [-0.25, -0.2) is 0 Å². The number of hydrogen-bond donors (Lipinski definition) is 1. The fraction of sp³-hybridized carbons (Fsp3) is 0.625. The average Bonchev–Trinajstić information content (AvgIpc) is 3.16. The van der Waals surface area contributed by atoms with Crippen molar-refractivity contribution in [3.63, 3.8) is 0 Å². The van der Waals surface area contributed by atoms with E-state index in [-0.39, 0.29) is 5.54 Å². The summed E-state index contributed by atoms with van der Waals surface area (Å²) >= 11 is 12.3. The highest BCUT2D eigenvalue weighted by atomic mass is 35.5. The van der Waals surface area contributed by atoms with Crippen LogP contribution in [0.1, 0.15) is 32.3 Å². The Labute approximate surface area is 131 Å². The molecular formula is C16H22Cl2N2. The minimum atomic E-state index is 0.171. The molecule has 2 aliphatic rings. The van der Waals surface area contributed by atoms with Gasteiger partial charge in [-0.1, -0.05) is 29.3 Å². The van der Waals surface area contributed by atoms with Crippen LogP contribution in [0.25, 0.3) is 0 Å². The zero-order valence-corrected chi connectivity index (χ0v) is 13.6. The third kappa shape index (κ3) is 3.30. The van der Waals surface area contributed by atoms with Crippen LogP contribution in [0, 0.1) is 5.92 Å². The molecule has 2 fully saturated rings. The van der Waals surface area contributed by atoms with Gasteiger partial charge >= 0.3 is 0 Å². The maximum absolute atomic E-state index is 6.34. The van der Waals surface area contributed by atoms with Gasteiger partial charge in [0.2, 0.25) is 0 Å². The molecule has 1 saturated carbocycles. The van der Waals surface area contributed by atoms with Crippen molar-refractivity contribution in [1.29, 1.82) is 0 Å². The summed E-state index contributed by atoms with van der Waals surface area (Å²) in [5.41, 5.74) is 1.35. The average molecular weight is 313 g/mol. The molecule has 1 heterocycles. The van der Waals surface area contributed by atoms with E-state index in [1.807, 2.05) is 12.1 Å². The predicted octanol–water partition coefficient (Wildman–Crippen LogP) is 3.96. The lowest BCUT2D eigenvalue weighted by Crippen LogP contribution is -2.61. The first-order chi connectivity index (χ1) is 9.44. The molecule has 1 aromatic carbocycles. The fourth-order valence-electron chi connectivity index (χ4n) is 3.18. The lowest BCUT2D eigenvalue weighted by Gasteiger charge is -2.45. The smallest absolute Gasteiger partial charge is 0.0465 e. The van der Waals surface area contributed by atoms with Gasteiger partial charge in [0.05, 0.1) is 0 Å². The Bertz CT molecular complexity index is 497. The number of rotatable bonds is 3. The van der Waals surface area contributed by atoms with Crippen molar-refractivity contribution < 1.29 is 0 Å². The highest BCUT2D eigenvalue weighted by molar-refractivity contribution is 6.35. The molecule has 3 rings (SSSR count). The molecule has 1 aliphatic carbocycles. The second-order valence-electron chi connectivity index (χ2n) is 6.81. The molecule has 1 unspecified atom stereocenters. The van der Waals surface area contributed by atoms with E-state index in [1.165, 1.54) is 18.4 Å². The molecule has 1 aliphatic heterocycles. The van der Waals surface area contributed by atoms with E-state index in [0.717, 1.165) is 30.6 Å². The highest BCUT2D eigenvalue weighted by Crippen LogP contribution is 2.38. The first-order valence-electron chi connectivity index (χ1n) is 7.38. The molecule has 1 aromatic rings. The number of nitrogens with zero attached hydrogens (tertiary/aromatic N) is 1. The van der Waals surface area contributed by atoms with Crippen molar-refractivity contribution in [3.05, 3.63) is 33.8 Å². The van der Waals surface area contributed by atoms with Crippen molar-refractivity contribution >= 4 is 23.2 Å². The molecule has 2 nitrogen and oxygen atoms in total. The second kappa shape index (κ2) is 5.49. The van der Waals surface area contributed by atoms with Crippen molar-refractivity contribution in [2.45, 2.75) is 44.8 Å². The van der Waals surface area contributed by atoms with Gasteiger partial charge in [0.1, 0.15) is 0 Å². The van der Waals surface area contributed by atoms with Crippen LogP contribution >= 0.6 is 23.2 Å². The van der Waals surface area contributed by atoms with Crippen LogP contribution in [-0.4, -0.2) is 29.6 Å². The topological polar surface area (TPSA) is 15.3 Å². The van der Waals surface area contributed by atoms with Gasteiger partial charge < -0.3 is 5.32 Å². The van der Waals surface area contributed by atoms with Crippen LogP contribution in [0.4, 0.5) is 0 Å². The Morgan fingerprint density at radius 1 is 1.30 bits per heavy atom. The van der Waals surface area contributed by atoms with Crippen LogP contribution in [-0.2, 0) is 6.54 Å². The van der Waals surface area contributed by atoms with E-state index >= 15 is 0 Å². The van der Waals surface area contributed by atoms with Crippen molar-refractivity contribution in [3.8, 4) is 0 Å². The number of hydrogen-bond acceptors (Lipinski definition) is 2. The van der Waals surface area contributed by atoms with Crippen LogP contribution in [0.2, 0.25) is 10.0 Å². The van der Waals surface area contributed by atoms with E-state index in [2.05, 4.69) is 30.1 Å². The molecule has 0 amide bonds. The van der Waals surface area contributed by atoms with E-state index < -0.39 is 0 Å². The van der Waals surface area contributed by atoms with Crippen molar-refractivity contribution in [1.82, 2.24) is 10.2 Å². The number of halogens is 2. The van der Waals surface area contributed by atoms with Gasteiger partial charge in [0.25, 0.3) is 0 Å². The quantitative estimate of drug-likeness (QED) is 0.909. The van der Waals surface area contributed by atoms with Gasteiger partial charge in [0.15, 0.2) is 0 Å². The van der Waals surface area contributed by atoms with Gasteiger partial charge in [-0.2, -0.15) is 0 Å². The molecule has 0 bridgehead atoms. The summed E-state index contributed by atoms with van der Waals surface area (Å²) in [7, 11) is 0. The molecule has 0 radical (unpaired) electrons. The lowest BCUT2D eigenvalue weighted by molar-refractivity contribution is 0.0760. The summed E-state index contributed by atoms with van der Waals surface area (Å²) in [6.07, 6.45) is 2.75. The zero-order chi connectivity index (χ0) is 14.3. The van der Waals surface area contributed by atoms with Gasteiger partial charge in [-0.05, 0) is 50.3 Å². The molecule has 1 atom stereocenters. The summed E-state index contributed by atoms with van der Waals surface area (Å²) in [4.78, 5) is 2.60. The maximum atomic E-state index is 6.34. The number of nitrogens with one attached hydrogen (secondary N) is 1. The van der Waals surface area contributed by atoms with Crippen molar-refractivity contribution in [2.24, 2.45) is 5.92 Å². The van der Waals surface area contributed by atoms with Crippen molar-refractivity contribution in [2.75, 3.05) is 13.1 Å². The molecule has 0 spiro atoms. The molecule has 110 valence electrons. The van der Waals surface area contributed by atoms with Gasteiger partial charge in [-0.3, -0.25) is 4.90 Å². The zero-order valence-electron chi connectivity index (χ0n) is 12.1. The fourth-order valence-corrected chi connectivity index (χ4v) is 3.65. The SMILES string of the molecule is CC1(C)CN(Cc2ccc(Cl)cc2Cl)C(C2CC2)CN1. The summed E-state index contributed by atoms with van der Waals surface area (Å²) in [5.74, 6) is 0.865. The second-order valence-corrected chi connectivity index (χ2v) is 7.65. The minimum Gasteiger partial charge on any atom is -0.309 e. The molecule has 1 saturated heterocycles. The Morgan fingerprint density at radius 2 is 2.05 bits per heavy atom. The highest BCUT2D eigenvalue weighted by Gasteiger charge is 2.40.